The summed E-state index contributed by atoms with van der Waals surface area (Å²) in [5.41, 5.74) is 1.33. The molecule has 0 aromatic heterocycles. The van der Waals surface area contributed by atoms with Crippen molar-refractivity contribution in [2.75, 3.05) is 24.6 Å². The SMILES string of the molecule is O=S1(=O)CC(Oc2ccc(C3CCNC3)cc2)C1. The molecule has 2 aliphatic heterocycles. The van der Waals surface area contributed by atoms with E-state index >= 15 is 0 Å². The molecule has 0 amide bonds. The molecular weight excluding hydrogens is 250 g/mol. The second kappa shape index (κ2) is 4.55. The number of sulfone groups is 1. The molecule has 5 heteroatoms. The summed E-state index contributed by atoms with van der Waals surface area (Å²) in [4.78, 5) is 0. The molecule has 1 atom stereocenters. The molecule has 0 spiro atoms. The molecule has 2 saturated heterocycles. The Bertz CT molecular complexity index is 506. The van der Waals surface area contributed by atoms with Gasteiger partial charge in [0.05, 0.1) is 11.5 Å². The first-order valence-electron chi connectivity index (χ1n) is 6.30. The predicted molar refractivity (Wildman–Crippen MR) is 69.7 cm³/mol. The number of ether oxygens (including phenoxy) is 1. The predicted octanol–water partition coefficient (Wildman–Crippen LogP) is 0.939. The zero-order chi connectivity index (χ0) is 12.6. The highest BCUT2D eigenvalue weighted by atomic mass is 32.2. The van der Waals surface area contributed by atoms with Gasteiger partial charge in [-0.25, -0.2) is 8.42 Å². The fourth-order valence-corrected chi connectivity index (χ4v) is 3.71. The molecule has 0 saturated carbocycles. The summed E-state index contributed by atoms with van der Waals surface area (Å²) in [6, 6.07) is 8.05. The van der Waals surface area contributed by atoms with Crippen LogP contribution in [0.4, 0.5) is 0 Å². The van der Waals surface area contributed by atoms with Gasteiger partial charge in [-0.05, 0) is 36.6 Å². The molecule has 3 rings (SSSR count). The molecule has 4 nitrogen and oxygen atoms in total. The van der Waals surface area contributed by atoms with E-state index in [-0.39, 0.29) is 17.6 Å². The van der Waals surface area contributed by atoms with Crippen LogP contribution < -0.4 is 10.1 Å². The smallest absolute Gasteiger partial charge is 0.157 e. The molecule has 0 aliphatic carbocycles. The van der Waals surface area contributed by atoms with Crippen LogP contribution in [-0.4, -0.2) is 39.1 Å². The van der Waals surface area contributed by atoms with Crippen molar-refractivity contribution < 1.29 is 13.2 Å². The Hall–Kier alpha value is -1.07. The van der Waals surface area contributed by atoms with Crippen molar-refractivity contribution >= 4 is 9.84 Å². The zero-order valence-corrected chi connectivity index (χ0v) is 10.9. The third-order valence-electron chi connectivity index (χ3n) is 3.59. The van der Waals surface area contributed by atoms with E-state index in [2.05, 4.69) is 17.4 Å². The fraction of sp³-hybridized carbons (Fsp3) is 0.538. The lowest BCUT2D eigenvalue weighted by molar-refractivity contribution is 0.230. The molecule has 1 aromatic rings. The van der Waals surface area contributed by atoms with Gasteiger partial charge < -0.3 is 10.1 Å². The van der Waals surface area contributed by atoms with E-state index in [0.29, 0.717) is 5.92 Å². The maximum atomic E-state index is 11.0. The topological polar surface area (TPSA) is 55.4 Å². The summed E-state index contributed by atoms with van der Waals surface area (Å²) in [6.45, 7) is 2.13. The summed E-state index contributed by atoms with van der Waals surface area (Å²) in [5.74, 6) is 1.68. The van der Waals surface area contributed by atoms with E-state index in [0.717, 1.165) is 18.8 Å². The summed E-state index contributed by atoms with van der Waals surface area (Å²) in [6.07, 6.45) is 1.02. The van der Waals surface area contributed by atoms with Gasteiger partial charge in [-0.1, -0.05) is 12.1 Å². The molecule has 2 fully saturated rings. The van der Waals surface area contributed by atoms with E-state index in [1.54, 1.807) is 0 Å². The van der Waals surface area contributed by atoms with Gasteiger partial charge in [-0.15, -0.1) is 0 Å². The lowest BCUT2D eigenvalue weighted by atomic mass is 9.98. The lowest BCUT2D eigenvalue weighted by Crippen LogP contribution is -2.45. The quantitative estimate of drug-likeness (QED) is 0.885. The summed E-state index contributed by atoms with van der Waals surface area (Å²) < 4.78 is 27.7. The van der Waals surface area contributed by atoms with Gasteiger partial charge in [-0.2, -0.15) is 0 Å². The van der Waals surface area contributed by atoms with Crippen LogP contribution in [0.2, 0.25) is 0 Å². The highest BCUT2D eigenvalue weighted by molar-refractivity contribution is 7.92. The summed E-state index contributed by atoms with van der Waals surface area (Å²) in [7, 11) is -2.81. The first-order valence-corrected chi connectivity index (χ1v) is 8.12. The Labute approximate surface area is 107 Å². The van der Waals surface area contributed by atoms with E-state index in [1.807, 2.05) is 12.1 Å². The van der Waals surface area contributed by atoms with Crippen LogP contribution in [-0.2, 0) is 9.84 Å². The van der Waals surface area contributed by atoms with Crippen LogP contribution in [0.15, 0.2) is 24.3 Å². The lowest BCUT2D eigenvalue weighted by Gasteiger charge is -2.26. The average molecular weight is 267 g/mol. The largest absolute Gasteiger partial charge is 0.488 e. The van der Waals surface area contributed by atoms with E-state index in [1.165, 1.54) is 12.0 Å². The van der Waals surface area contributed by atoms with Crippen molar-refractivity contribution in [2.45, 2.75) is 18.4 Å². The Balaban J connectivity index is 1.61. The Morgan fingerprint density at radius 2 is 1.89 bits per heavy atom. The van der Waals surface area contributed by atoms with Gasteiger partial charge in [0.2, 0.25) is 0 Å². The Kier molecular flexibility index (Phi) is 3.03. The molecule has 98 valence electrons. The van der Waals surface area contributed by atoms with Gasteiger partial charge in [0, 0.05) is 6.54 Å². The van der Waals surface area contributed by atoms with Gasteiger partial charge in [0.25, 0.3) is 0 Å². The highest BCUT2D eigenvalue weighted by Crippen LogP contribution is 2.25. The number of benzene rings is 1. The van der Waals surface area contributed by atoms with Crippen LogP contribution in [0.3, 0.4) is 0 Å². The Morgan fingerprint density at radius 3 is 2.44 bits per heavy atom. The summed E-state index contributed by atoms with van der Waals surface area (Å²) in [5, 5.41) is 3.35. The first kappa shape index (κ1) is 12.0. The first-order chi connectivity index (χ1) is 8.62. The molecule has 0 bridgehead atoms. The minimum absolute atomic E-state index is 0.154. The van der Waals surface area contributed by atoms with Crippen molar-refractivity contribution in [1.29, 1.82) is 0 Å². The van der Waals surface area contributed by atoms with E-state index in [9.17, 15) is 8.42 Å². The van der Waals surface area contributed by atoms with Gasteiger partial charge in [-0.3, -0.25) is 0 Å². The summed E-state index contributed by atoms with van der Waals surface area (Å²) >= 11 is 0. The second-order valence-corrected chi connectivity index (χ2v) is 7.23. The van der Waals surface area contributed by atoms with Crippen LogP contribution in [0.5, 0.6) is 5.75 Å². The molecule has 0 radical (unpaired) electrons. The normalized spacial score (nSPS) is 26.8. The number of hydrogen-bond acceptors (Lipinski definition) is 4. The minimum Gasteiger partial charge on any atom is -0.488 e. The Morgan fingerprint density at radius 1 is 1.17 bits per heavy atom. The number of hydrogen-bond donors (Lipinski definition) is 1. The zero-order valence-electron chi connectivity index (χ0n) is 10.1. The van der Waals surface area contributed by atoms with Crippen molar-refractivity contribution in [1.82, 2.24) is 5.32 Å². The van der Waals surface area contributed by atoms with Gasteiger partial charge >= 0.3 is 0 Å². The van der Waals surface area contributed by atoms with E-state index < -0.39 is 9.84 Å². The molecule has 1 N–H and O–H groups in total. The van der Waals surface area contributed by atoms with Crippen molar-refractivity contribution in [3.63, 3.8) is 0 Å². The molecule has 2 aliphatic rings. The maximum absolute atomic E-state index is 11.0. The van der Waals surface area contributed by atoms with Crippen molar-refractivity contribution in [2.24, 2.45) is 0 Å². The average Bonchev–Trinajstić information content (AvgIpc) is 2.81. The van der Waals surface area contributed by atoms with Crippen LogP contribution in [0.1, 0.15) is 17.9 Å². The van der Waals surface area contributed by atoms with E-state index in [4.69, 9.17) is 4.74 Å². The standard InChI is InChI=1S/C13H17NO3S/c15-18(16)8-13(9-18)17-12-3-1-10(2-4-12)11-5-6-14-7-11/h1-4,11,13-14H,5-9H2. The van der Waals surface area contributed by atoms with Crippen LogP contribution >= 0.6 is 0 Å². The molecule has 18 heavy (non-hydrogen) atoms. The maximum Gasteiger partial charge on any atom is 0.157 e. The van der Waals surface area contributed by atoms with Crippen molar-refractivity contribution in [3.8, 4) is 5.75 Å². The molecule has 2 heterocycles. The molecular formula is C13H17NO3S. The van der Waals surface area contributed by atoms with Gasteiger partial charge in [0.1, 0.15) is 11.9 Å². The second-order valence-electron chi connectivity index (χ2n) is 5.08. The molecule has 1 aromatic carbocycles. The molecule has 1 unspecified atom stereocenters. The minimum atomic E-state index is -2.81. The monoisotopic (exact) mass is 267 g/mol. The van der Waals surface area contributed by atoms with Crippen molar-refractivity contribution in [3.05, 3.63) is 29.8 Å². The van der Waals surface area contributed by atoms with Gasteiger partial charge in [0.15, 0.2) is 9.84 Å². The van der Waals surface area contributed by atoms with Crippen LogP contribution in [0.25, 0.3) is 0 Å². The van der Waals surface area contributed by atoms with Crippen LogP contribution in [0, 0.1) is 0 Å². The number of rotatable bonds is 3. The fourth-order valence-electron chi connectivity index (χ4n) is 2.54. The number of nitrogens with one attached hydrogen (secondary N) is 1. The third kappa shape index (κ3) is 2.52. The third-order valence-corrected chi connectivity index (χ3v) is 5.35. The highest BCUT2D eigenvalue weighted by Gasteiger charge is 2.35.